The summed E-state index contributed by atoms with van der Waals surface area (Å²) in [5.41, 5.74) is 2.86. The van der Waals surface area contributed by atoms with Gasteiger partial charge in [-0.15, -0.1) is 11.3 Å². The quantitative estimate of drug-likeness (QED) is 0.322. The number of amides is 1. The van der Waals surface area contributed by atoms with Crippen LogP contribution in [0.1, 0.15) is 0 Å². The normalized spacial score (nSPS) is 10.6. The number of ether oxygens (including phenoxy) is 1. The maximum absolute atomic E-state index is 12.4. The monoisotopic (exact) mass is 450 g/mol. The van der Waals surface area contributed by atoms with Crippen LogP contribution in [0.25, 0.3) is 22.5 Å². The molecule has 2 aromatic heterocycles. The molecule has 2 heterocycles. The van der Waals surface area contributed by atoms with Crippen LogP contribution in [0, 0.1) is 0 Å². The lowest BCUT2D eigenvalue weighted by atomic mass is 10.1. The number of methoxy groups -OCH3 is 1. The molecule has 4 aromatic rings. The number of hydrogen-bond donors (Lipinski definition) is 2. The SMILES string of the molecule is COc1ccc(-c2csc(NC(=O)CSc3nc(-c4ccccc4)cc(=O)[nH]3)n2)cc1. The van der Waals surface area contributed by atoms with E-state index < -0.39 is 0 Å². The van der Waals surface area contributed by atoms with Gasteiger partial charge in [0.25, 0.3) is 5.56 Å². The van der Waals surface area contributed by atoms with Crippen LogP contribution in [0.4, 0.5) is 5.13 Å². The van der Waals surface area contributed by atoms with Gasteiger partial charge in [-0.2, -0.15) is 0 Å². The summed E-state index contributed by atoms with van der Waals surface area (Å²) in [7, 11) is 1.62. The van der Waals surface area contributed by atoms with Crippen LogP contribution in [0.5, 0.6) is 5.75 Å². The molecule has 0 aliphatic carbocycles. The lowest BCUT2D eigenvalue weighted by Crippen LogP contribution is -2.15. The Bertz CT molecular complexity index is 1240. The maximum Gasteiger partial charge on any atom is 0.252 e. The third kappa shape index (κ3) is 5.39. The summed E-state index contributed by atoms with van der Waals surface area (Å²) >= 11 is 2.51. The highest BCUT2D eigenvalue weighted by atomic mass is 32.2. The molecule has 31 heavy (non-hydrogen) atoms. The fourth-order valence-electron chi connectivity index (χ4n) is 2.78. The van der Waals surface area contributed by atoms with Crippen LogP contribution in [0.2, 0.25) is 0 Å². The third-order valence-electron chi connectivity index (χ3n) is 4.27. The first-order valence-electron chi connectivity index (χ1n) is 9.30. The number of aromatic nitrogens is 3. The van der Waals surface area contributed by atoms with Crippen molar-refractivity contribution in [3.05, 3.63) is 76.4 Å². The molecule has 7 nitrogen and oxygen atoms in total. The van der Waals surface area contributed by atoms with E-state index in [0.717, 1.165) is 34.3 Å². The smallest absolute Gasteiger partial charge is 0.252 e. The van der Waals surface area contributed by atoms with E-state index in [1.165, 1.54) is 17.4 Å². The van der Waals surface area contributed by atoms with E-state index in [2.05, 4.69) is 20.3 Å². The number of anilines is 1. The van der Waals surface area contributed by atoms with Crippen molar-refractivity contribution in [2.24, 2.45) is 0 Å². The van der Waals surface area contributed by atoms with Crippen LogP contribution in [0.15, 0.2) is 76.0 Å². The number of carbonyl (C=O) groups excluding carboxylic acids is 1. The van der Waals surface area contributed by atoms with Gasteiger partial charge in [-0.05, 0) is 24.3 Å². The third-order valence-corrected chi connectivity index (χ3v) is 5.90. The van der Waals surface area contributed by atoms with Crippen LogP contribution in [0.3, 0.4) is 0 Å². The largest absolute Gasteiger partial charge is 0.497 e. The van der Waals surface area contributed by atoms with Gasteiger partial charge in [-0.1, -0.05) is 42.1 Å². The summed E-state index contributed by atoms with van der Waals surface area (Å²) in [6.07, 6.45) is 0. The molecule has 0 unspecified atom stereocenters. The Kier molecular flexibility index (Phi) is 6.44. The fraction of sp³-hybridized carbons (Fsp3) is 0.0909. The Labute approximate surface area is 186 Å². The second-order valence-electron chi connectivity index (χ2n) is 6.41. The van der Waals surface area contributed by atoms with Gasteiger partial charge in [0.2, 0.25) is 5.91 Å². The Morgan fingerprint density at radius 2 is 1.81 bits per heavy atom. The molecule has 0 aliphatic heterocycles. The summed E-state index contributed by atoms with van der Waals surface area (Å²) in [6, 6.07) is 18.4. The van der Waals surface area contributed by atoms with Crippen molar-refractivity contribution >= 4 is 34.1 Å². The molecule has 4 rings (SSSR count). The van der Waals surface area contributed by atoms with Crippen molar-refractivity contribution in [2.45, 2.75) is 5.16 Å². The average Bonchev–Trinajstić information content (AvgIpc) is 3.26. The van der Waals surface area contributed by atoms with E-state index in [1.54, 1.807) is 7.11 Å². The van der Waals surface area contributed by atoms with Crippen molar-refractivity contribution in [1.82, 2.24) is 15.0 Å². The lowest BCUT2D eigenvalue weighted by molar-refractivity contribution is -0.113. The minimum absolute atomic E-state index is 0.0959. The molecular formula is C22H18N4O3S2. The van der Waals surface area contributed by atoms with Crippen molar-refractivity contribution in [3.63, 3.8) is 0 Å². The molecule has 0 spiro atoms. The molecule has 0 saturated heterocycles. The molecule has 2 N–H and O–H groups in total. The van der Waals surface area contributed by atoms with Crippen LogP contribution in [-0.2, 0) is 4.79 Å². The predicted molar refractivity (Wildman–Crippen MR) is 124 cm³/mol. The molecule has 9 heteroatoms. The topological polar surface area (TPSA) is 97.0 Å². The Morgan fingerprint density at radius 3 is 2.55 bits per heavy atom. The van der Waals surface area contributed by atoms with E-state index in [4.69, 9.17) is 4.74 Å². The van der Waals surface area contributed by atoms with Crippen molar-refractivity contribution in [2.75, 3.05) is 18.2 Å². The molecule has 0 saturated carbocycles. The van der Waals surface area contributed by atoms with E-state index in [0.29, 0.717) is 16.0 Å². The predicted octanol–water partition coefficient (Wildman–Crippen LogP) is 4.30. The first-order valence-corrected chi connectivity index (χ1v) is 11.2. The van der Waals surface area contributed by atoms with Crippen LogP contribution in [-0.4, -0.2) is 33.7 Å². The van der Waals surface area contributed by atoms with Crippen molar-refractivity contribution in [1.29, 1.82) is 0 Å². The van der Waals surface area contributed by atoms with E-state index in [1.807, 2.05) is 60.0 Å². The Morgan fingerprint density at radius 1 is 1.06 bits per heavy atom. The number of nitrogens with zero attached hydrogens (tertiary/aromatic N) is 2. The highest BCUT2D eigenvalue weighted by Crippen LogP contribution is 2.27. The van der Waals surface area contributed by atoms with E-state index >= 15 is 0 Å². The summed E-state index contributed by atoms with van der Waals surface area (Å²) in [5, 5.41) is 5.57. The highest BCUT2D eigenvalue weighted by Gasteiger charge is 2.11. The number of thiazole rings is 1. The number of benzene rings is 2. The summed E-state index contributed by atoms with van der Waals surface area (Å²) in [4.78, 5) is 35.9. The zero-order valence-corrected chi connectivity index (χ0v) is 18.1. The fourth-order valence-corrected chi connectivity index (χ4v) is 4.19. The van der Waals surface area contributed by atoms with Gasteiger partial charge in [0, 0.05) is 22.6 Å². The molecule has 156 valence electrons. The van der Waals surface area contributed by atoms with Crippen LogP contribution >= 0.6 is 23.1 Å². The van der Waals surface area contributed by atoms with Crippen molar-refractivity contribution < 1.29 is 9.53 Å². The zero-order valence-electron chi connectivity index (χ0n) is 16.5. The molecular weight excluding hydrogens is 432 g/mol. The highest BCUT2D eigenvalue weighted by molar-refractivity contribution is 7.99. The minimum Gasteiger partial charge on any atom is -0.497 e. The number of rotatable bonds is 7. The second kappa shape index (κ2) is 9.59. The van der Waals surface area contributed by atoms with E-state index in [9.17, 15) is 9.59 Å². The summed E-state index contributed by atoms with van der Waals surface area (Å²) < 4.78 is 5.16. The van der Waals surface area contributed by atoms with Crippen LogP contribution < -0.4 is 15.6 Å². The minimum atomic E-state index is -0.263. The first-order chi connectivity index (χ1) is 15.1. The number of H-pyrrole nitrogens is 1. The summed E-state index contributed by atoms with van der Waals surface area (Å²) in [6.45, 7) is 0. The molecule has 1 amide bonds. The van der Waals surface area contributed by atoms with Gasteiger partial charge in [0.05, 0.1) is 24.3 Å². The van der Waals surface area contributed by atoms with Gasteiger partial charge in [-0.25, -0.2) is 9.97 Å². The number of aromatic amines is 1. The Hall–Kier alpha value is -3.43. The zero-order chi connectivity index (χ0) is 21.6. The molecule has 0 fully saturated rings. The molecule has 2 aromatic carbocycles. The first kappa shape index (κ1) is 20.8. The maximum atomic E-state index is 12.4. The molecule has 0 radical (unpaired) electrons. The number of nitrogens with one attached hydrogen (secondary N) is 2. The van der Waals surface area contributed by atoms with E-state index in [-0.39, 0.29) is 17.2 Å². The van der Waals surface area contributed by atoms with Gasteiger partial charge >= 0.3 is 0 Å². The molecule has 0 bridgehead atoms. The van der Waals surface area contributed by atoms with Crippen molar-refractivity contribution in [3.8, 4) is 28.3 Å². The Balaban J connectivity index is 1.38. The van der Waals surface area contributed by atoms with Gasteiger partial charge in [0.1, 0.15) is 5.75 Å². The second-order valence-corrected chi connectivity index (χ2v) is 8.23. The lowest BCUT2D eigenvalue weighted by Gasteiger charge is -2.04. The molecule has 0 aliphatic rings. The summed E-state index contributed by atoms with van der Waals surface area (Å²) in [5.74, 6) is 0.638. The molecule has 0 atom stereocenters. The number of thioether (sulfide) groups is 1. The standard InChI is InChI=1S/C22H18N4O3S2/c1-29-16-9-7-15(8-10-16)18-12-30-22(24-18)26-20(28)13-31-21-23-17(11-19(27)25-21)14-5-3-2-4-6-14/h2-12H,13H2,1H3,(H,23,25,27)(H,24,26,28). The van der Waals surface area contributed by atoms with Gasteiger partial charge < -0.3 is 15.0 Å². The van der Waals surface area contributed by atoms with Gasteiger partial charge in [0.15, 0.2) is 10.3 Å². The average molecular weight is 451 g/mol. The van der Waals surface area contributed by atoms with Gasteiger partial charge in [-0.3, -0.25) is 9.59 Å². The number of hydrogen-bond acceptors (Lipinski definition) is 7. The number of carbonyl (C=O) groups is 1.